The number of urea groups is 1. The van der Waals surface area contributed by atoms with Crippen LogP contribution in [0.1, 0.15) is 21.7 Å². The summed E-state index contributed by atoms with van der Waals surface area (Å²) in [5, 5.41) is 6.98. The number of hydrogen-bond donors (Lipinski definition) is 1. The maximum atomic E-state index is 14.1. The minimum Gasteiger partial charge on any atom is -0.337 e. The van der Waals surface area contributed by atoms with Gasteiger partial charge in [-0.05, 0) is 18.2 Å². The monoisotopic (exact) mass is 409 g/mol. The molecule has 10 heteroatoms. The first-order valence-electron chi connectivity index (χ1n) is 8.82. The molecule has 0 bridgehead atoms. The molecule has 1 N–H and O–H groups in total. The van der Waals surface area contributed by atoms with Gasteiger partial charge in [0.25, 0.3) is 5.91 Å². The van der Waals surface area contributed by atoms with Crippen molar-refractivity contribution in [3.63, 3.8) is 0 Å². The molecule has 148 valence electrons. The molecule has 2 aliphatic rings. The second-order valence-electron chi connectivity index (χ2n) is 6.97. The van der Waals surface area contributed by atoms with Crippen LogP contribution in [-0.2, 0) is 19.5 Å². The number of halogens is 3. The molecule has 3 amide bonds. The van der Waals surface area contributed by atoms with Gasteiger partial charge in [-0.25, -0.2) is 13.6 Å². The van der Waals surface area contributed by atoms with E-state index in [2.05, 4.69) is 10.4 Å². The van der Waals surface area contributed by atoms with Crippen LogP contribution < -0.4 is 5.32 Å². The molecule has 0 radical (unpaired) electrons. The van der Waals surface area contributed by atoms with Crippen molar-refractivity contribution in [2.45, 2.75) is 25.7 Å². The van der Waals surface area contributed by atoms with E-state index in [1.54, 1.807) is 7.05 Å². The van der Waals surface area contributed by atoms with Crippen LogP contribution in [0, 0.1) is 5.82 Å². The summed E-state index contributed by atoms with van der Waals surface area (Å²) in [6.07, 6.45) is -0.736. The second kappa shape index (κ2) is 7.05. The van der Waals surface area contributed by atoms with Gasteiger partial charge in [0, 0.05) is 31.3 Å². The number of rotatable bonds is 1. The predicted octanol–water partition coefficient (Wildman–Crippen LogP) is 2.69. The van der Waals surface area contributed by atoms with E-state index in [0.717, 1.165) is 0 Å². The fourth-order valence-corrected chi connectivity index (χ4v) is 3.73. The summed E-state index contributed by atoms with van der Waals surface area (Å²) >= 11 is 5.75. The van der Waals surface area contributed by atoms with Crippen molar-refractivity contribution in [1.29, 1.82) is 0 Å². The highest BCUT2D eigenvalue weighted by Crippen LogP contribution is 2.27. The number of anilines is 1. The molecule has 2 aliphatic heterocycles. The Morgan fingerprint density at radius 3 is 2.89 bits per heavy atom. The maximum absolute atomic E-state index is 14.1. The van der Waals surface area contributed by atoms with Crippen molar-refractivity contribution in [1.82, 2.24) is 19.6 Å². The van der Waals surface area contributed by atoms with Crippen molar-refractivity contribution in [2.24, 2.45) is 0 Å². The van der Waals surface area contributed by atoms with Crippen LogP contribution >= 0.6 is 11.6 Å². The minimum absolute atomic E-state index is 0.00644. The normalized spacial score (nSPS) is 19.1. The van der Waals surface area contributed by atoms with E-state index in [1.807, 2.05) is 0 Å². The van der Waals surface area contributed by atoms with E-state index in [1.165, 1.54) is 32.7 Å². The average molecular weight is 410 g/mol. The van der Waals surface area contributed by atoms with Gasteiger partial charge in [0.05, 0.1) is 30.4 Å². The summed E-state index contributed by atoms with van der Waals surface area (Å²) in [5.74, 6) is -0.875. The zero-order chi connectivity index (χ0) is 20.0. The highest BCUT2D eigenvalue weighted by atomic mass is 35.5. The van der Waals surface area contributed by atoms with Crippen LogP contribution in [0.3, 0.4) is 0 Å². The Labute approximate surface area is 164 Å². The number of fused-ring (bicyclic) bond motifs is 3. The minimum atomic E-state index is -1.20. The Balaban J connectivity index is 1.57. The summed E-state index contributed by atoms with van der Waals surface area (Å²) < 4.78 is 28.8. The molecule has 3 heterocycles. The Hall–Kier alpha value is -2.68. The van der Waals surface area contributed by atoms with E-state index in [9.17, 15) is 18.4 Å². The first kappa shape index (κ1) is 18.7. The number of amides is 3. The van der Waals surface area contributed by atoms with Crippen LogP contribution in [-0.4, -0.2) is 57.8 Å². The van der Waals surface area contributed by atoms with Crippen molar-refractivity contribution >= 4 is 29.2 Å². The lowest BCUT2D eigenvalue weighted by Crippen LogP contribution is -2.39. The molecule has 1 aromatic carbocycles. The molecule has 0 saturated heterocycles. The summed E-state index contributed by atoms with van der Waals surface area (Å²) in [6.45, 7) is 0.598. The molecular formula is C18H18ClF2N5O2. The second-order valence-corrected chi connectivity index (χ2v) is 7.38. The number of hydrogen-bond acceptors (Lipinski definition) is 3. The number of nitrogens with zero attached hydrogens (tertiary/aromatic N) is 4. The Morgan fingerprint density at radius 2 is 2.14 bits per heavy atom. The first-order chi connectivity index (χ1) is 13.3. The molecule has 1 aromatic heterocycles. The Bertz CT molecular complexity index is 964. The fraction of sp³-hybridized carbons (Fsp3) is 0.389. The standard InChI is InChI=1S/C18H18ClF2N5O2/c1-24-7-10(20)8-26-16(17(24)27)12-9-25(5-4-15(12)23-26)18(28)22-11-2-3-14(21)13(19)6-11/h2-3,6,10H,4-5,7-9H2,1H3,(H,22,28). The van der Waals surface area contributed by atoms with Gasteiger partial charge in [-0.15, -0.1) is 0 Å². The van der Waals surface area contributed by atoms with E-state index in [4.69, 9.17) is 11.6 Å². The van der Waals surface area contributed by atoms with Crippen LogP contribution in [0.2, 0.25) is 5.02 Å². The van der Waals surface area contributed by atoms with Crippen LogP contribution in [0.4, 0.5) is 19.3 Å². The van der Waals surface area contributed by atoms with Gasteiger partial charge in [-0.1, -0.05) is 11.6 Å². The molecule has 7 nitrogen and oxygen atoms in total. The van der Waals surface area contributed by atoms with E-state index >= 15 is 0 Å². The smallest absolute Gasteiger partial charge is 0.322 e. The van der Waals surface area contributed by atoms with Crippen molar-refractivity contribution in [2.75, 3.05) is 25.5 Å². The van der Waals surface area contributed by atoms with Gasteiger partial charge in [-0.3, -0.25) is 9.48 Å². The lowest BCUT2D eigenvalue weighted by molar-refractivity contribution is 0.0767. The SMILES string of the molecule is CN1CC(F)Cn2nc3c(c2C1=O)CN(C(=O)Nc1ccc(F)c(Cl)c1)CC3. The van der Waals surface area contributed by atoms with Gasteiger partial charge in [-0.2, -0.15) is 5.10 Å². The van der Waals surface area contributed by atoms with Crippen LogP contribution in [0.25, 0.3) is 0 Å². The number of carbonyl (C=O) groups excluding carboxylic acids is 2. The quantitative estimate of drug-likeness (QED) is 0.787. The molecule has 2 aromatic rings. The Morgan fingerprint density at radius 1 is 1.36 bits per heavy atom. The van der Waals surface area contributed by atoms with Crippen LogP contribution in [0.5, 0.6) is 0 Å². The summed E-state index contributed by atoms with van der Waals surface area (Å²) in [5.41, 5.74) is 2.05. The van der Waals surface area contributed by atoms with Crippen LogP contribution in [0.15, 0.2) is 18.2 Å². The molecule has 0 aliphatic carbocycles. The molecule has 0 fully saturated rings. The molecular weight excluding hydrogens is 392 g/mol. The highest BCUT2D eigenvalue weighted by molar-refractivity contribution is 6.31. The zero-order valence-corrected chi connectivity index (χ0v) is 15.8. The van der Waals surface area contributed by atoms with Gasteiger partial charge < -0.3 is 15.1 Å². The van der Waals surface area contributed by atoms with Crippen molar-refractivity contribution in [3.05, 3.63) is 46.0 Å². The third-order valence-corrected chi connectivity index (χ3v) is 5.24. The fourth-order valence-electron chi connectivity index (χ4n) is 3.55. The van der Waals surface area contributed by atoms with Gasteiger partial charge in [0.15, 0.2) is 0 Å². The highest BCUT2D eigenvalue weighted by Gasteiger charge is 2.34. The van der Waals surface area contributed by atoms with Gasteiger partial charge in [0.1, 0.15) is 17.7 Å². The molecule has 4 rings (SSSR count). The molecule has 0 saturated carbocycles. The van der Waals surface area contributed by atoms with E-state index < -0.39 is 18.0 Å². The van der Waals surface area contributed by atoms with E-state index in [-0.39, 0.29) is 30.6 Å². The molecule has 0 spiro atoms. The zero-order valence-electron chi connectivity index (χ0n) is 15.1. The van der Waals surface area contributed by atoms with Crippen molar-refractivity contribution < 1.29 is 18.4 Å². The lowest BCUT2D eigenvalue weighted by atomic mass is 10.0. The largest absolute Gasteiger partial charge is 0.337 e. The summed E-state index contributed by atoms with van der Waals surface area (Å²) in [4.78, 5) is 28.2. The number of benzene rings is 1. The third-order valence-electron chi connectivity index (χ3n) is 4.95. The summed E-state index contributed by atoms with van der Waals surface area (Å²) in [6, 6.07) is 3.52. The topological polar surface area (TPSA) is 70.5 Å². The number of carbonyl (C=O) groups is 2. The van der Waals surface area contributed by atoms with Gasteiger partial charge in [0.2, 0.25) is 0 Å². The maximum Gasteiger partial charge on any atom is 0.322 e. The van der Waals surface area contributed by atoms with Crippen molar-refractivity contribution in [3.8, 4) is 0 Å². The van der Waals surface area contributed by atoms with E-state index in [0.29, 0.717) is 35.6 Å². The third kappa shape index (κ3) is 3.30. The number of aromatic nitrogens is 2. The number of alkyl halides is 1. The number of nitrogens with one attached hydrogen (secondary N) is 1. The first-order valence-corrected chi connectivity index (χ1v) is 9.20. The predicted molar refractivity (Wildman–Crippen MR) is 98.6 cm³/mol. The molecule has 1 unspecified atom stereocenters. The molecule has 1 atom stereocenters. The Kier molecular flexibility index (Phi) is 4.70. The molecule has 28 heavy (non-hydrogen) atoms. The lowest BCUT2D eigenvalue weighted by Gasteiger charge is -2.27. The average Bonchev–Trinajstić information content (AvgIpc) is 2.95. The summed E-state index contributed by atoms with van der Waals surface area (Å²) in [7, 11) is 1.55. The van der Waals surface area contributed by atoms with Gasteiger partial charge >= 0.3 is 6.03 Å².